The molecule has 6 nitrogen and oxygen atoms in total. The van der Waals surface area contributed by atoms with Crippen LogP contribution in [0.1, 0.15) is 6.42 Å². The first-order valence-corrected chi connectivity index (χ1v) is 8.42. The van der Waals surface area contributed by atoms with Crippen LogP contribution in [-0.2, 0) is 19.5 Å². The van der Waals surface area contributed by atoms with Crippen LogP contribution in [0.15, 0.2) is 23.1 Å². The molecule has 1 saturated heterocycles. The standard InChI is InChI=1S/C14H21FN2O4S/c1-16-22(18,19)12-4-5-14(13(15)7-12)17-8-11(21-3)6-10(17)9-20-2/h4-5,7,10-11,16H,6,8-9H2,1-3H3/t10-,11+/m0/s1. The molecular weight excluding hydrogens is 311 g/mol. The molecule has 1 aliphatic rings. The Balaban J connectivity index is 2.32. The molecule has 124 valence electrons. The van der Waals surface area contributed by atoms with Crippen LogP contribution in [0.25, 0.3) is 0 Å². The third kappa shape index (κ3) is 3.40. The second kappa shape index (κ2) is 6.91. The topological polar surface area (TPSA) is 67.9 Å². The number of sulfonamides is 1. The van der Waals surface area contributed by atoms with E-state index in [0.29, 0.717) is 18.8 Å². The van der Waals surface area contributed by atoms with Crippen LogP contribution in [0.4, 0.5) is 10.1 Å². The molecule has 1 heterocycles. The number of anilines is 1. The van der Waals surface area contributed by atoms with E-state index in [1.807, 2.05) is 4.90 Å². The van der Waals surface area contributed by atoms with Gasteiger partial charge in [-0.1, -0.05) is 0 Å². The third-order valence-electron chi connectivity index (χ3n) is 3.88. The monoisotopic (exact) mass is 332 g/mol. The highest BCUT2D eigenvalue weighted by Crippen LogP contribution is 2.30. The van der Waals surface area contributed by atoms with E-state index in [2.05, 4.69) is 4.72 Å². The second-order valence-electron chi connectivity index (χ2n) is 5.18. The molecule has 1 N–H and O–H groups in total. The number of hydrogen-bond donors (Lipinski definition) is 1. The predicted molar refractivity (Wildman–Crippen MR) is 81.1 cm³/mol. The molecule has 2 atom stereocenters. The number of halogens is 1. The van der Waals surface area contributed by atoms with Crippen molar-refractivity contribution in [3.8, 4) is 0 Å². The van der Waals surface area contributed by atoms with E-state index in [1.54, 1.807) is 14.2 Å². The van der Waals surface area contributed by atoms with Crippen molar-refractivity contribution >= 4 is 15.7 Å². The van der Waals surface area contributed by atoms with E-state index >= 15 is 0 Å². The van der Waals surface area contributed by atoms with Crippen molar-refractivity contribution in [3.63, 3.8) is 0 Å². The number of ether oxygens (including phenoxy) is 2. The molecule has 8 heteroatoms. The van der Waals surface area contributed by atoms with Crippen molar-refractivity contribution in [1.82, 2.24) is 4.72 Å². The van der Waals surface area contributed by atoms with E-state index in [1.165, 1.54) is 19.2 Å². The summed E-state index contributed by atoms with van der Waals surface area (Å²) in [6, 6.07) is 3.91. The van der Waals surface area contributed by atoms with Crippen molar-refractivity contribution in [1.29, 1.82) is 0 Å². The third-order valence-corrected chi connectivity index (χ3v) is 5.29. The van der Waals surface area contributed by atoms with Crippen LogP contribution in [0.2, 0.25) is 0 Å². The summed E-state index contributed by atoms with van der Waals surface area (Å²) in [7, 11) is 0.850. The summed E-state index contributed by atoms with van der Waals surface area (Å²) in [4.78, 5) is 1.77. The number of methoxy groups -OCH3 is 2. The zero-order valence-electron chi connectivity index (χ0n) is 12.9. The summed E-state index contributed by atoms with van der Waals surface area (Å²) in [5.41, 5.74) is 0.358. The maximum Gasteiger partial charge on any atom is 0.240 e. The van der Waals surface area contributed by atoms with Gasteiger partial charge in [-0.05, 0) is 31.7 Å². The van der Waals surface area contributed by atoms with Crippen molar-refractivity contribution in [2.24, 2.45) is 0 Å². The molecule has 1 aliphatic heterocycles. The summed E-state index contributed by atoms with van der Waals surface area (Å²) in [6.45, 7) is 0.995. The Hall–Kier alpha value is -1.22. The van der Waals surface area contributed by atoms with Crippen molar-refractivity contribution < 1.29 is 22.3 Å². The summed E-state index contributed by atoms with van der Waals surface area (Å²) < 4.78 is 50.5. The lowest BCUT2D eigenvalue weighted by Gasteiger charge is -2.26. The molecule has 1 aromatic carbocycles. The van der Waals surface area contributed by atoms with Crippen LogP contribution in [0.5, 0.6) is 0 Å². The zero-order valence-corrected chi connectivity index (χ0v) is 13.7. The maximum atomic E-state index is 14.4. The molecule has 0 aromatic heterocycles. The predicted octanol–water partition coefficient (Wildman–Crippen LogP) is 0.974. The van der Waals surface area contributed by atoms with Crippen LogP contribution < -0.4 is 9.62 Å². The summed E-state index contributed by atoms with van der Waals surface area (Å²) in [5.74, 6) is -0.575. The Morgan fingerprint density at radius 3 is 2.68 bits per heavy atom. The number of nitrogens with zero attached hydrogens (tertiary/aromatic N) is 1. The van der Waals surface area contributed by atoms with E-state index in [9.17, 15) is 12.8 Å². The molecule has 1 aromatic rings. The van der Waals surface area contributed by atoms with E-state index < -0.39 is 15.8 Å². The van der Waals surface area contributed by atoms with Gasteiger partial charge in [-0.15, -0.1) is 0 Å². The van der Waals surface area contributed by atoms with Gasteiger partial charge >= 0.3 is 0 Å². The SMILES string of the molecule is CNS(=O)(=O)c1ccc(N2C[C@H](OC)C[C@H]2COC)c(F)c1. The van der Waals surface area contributed by atoms with Gasteiger partial charge in [0.25, 0.3) is 0 Å². The minimum absolute atomic E-state index is 0.000248. The zero-order chi connectivity index (χ0) is 16.3. The summed E-state index contributed by atoms with van der Waals surface area (Å²) in [6.07, 6.45) is 0.737. The molecule has 0 radical (unpaired) electrons. The molecule has 0 spiro atoms. The summed E-state index contributed by atoms with van der Waals surface area (Å²) >= 11 is 0. The second-order valence-corrected chi connectivity index (χ2v) is 7.06. The Morgan fingerprint density at radius 2 is 2.14 bits per heavy atom. The lowest BCUT2D eigenvalue weighted by Crippen LogP contribution is -2.33. The first-order chi connectivity index (χ1) is 10.4. The molecule has 0 amide bonds. The van der Waals surface area contributed by atoms with Crippen LogP contribution in [0, 0.1) is 5.82 Å². The molecule has 2 rings (SSSR count). The van der Waals surface area contributed by atoms with Crippen LogP contribution in [-0.4, -0.2) is 55.0 Å². The average Bonchev–Trinajstić information content (AvgIpc) is 2.90. The number of rotatable bonds is 6. The Morgan fingerprint density at radius 1 is 1.41 bits per heavy atom. The smallest absolute Gasteiger partial charge is 0.240 e. The molecule has 1 fully saturated rings. The fourth-order valence-corrected chi connectivity index (χ4v) is 3.44. The van der Waals surface area contributed by atoms with Gasteiger partial charge < -0.3 is 14.4 Å². The van der Waals surface area contributed by atoms with Crippen molar-refractivity contribution in [2.75, 3.05) is 39.3 Å². The molecule has 0 saturated carbocycles. The van der Waals surface area contributed by atoms with Crippen molar-refractivity contribution in [3.05, 3.63) is 24.0 Å². The van der Waals surface area contributed by atoms with Gasteiger partial charge in [-0.2, -0.15) is 0 Å². The molecule has 0 bridgehead atoms. The Labute approximate surface area is 130 Å². The number of benzene rings is 1. The number of nitrogens with one attached hydrogen (secondary N) is 1. The van der Waals surface area contributed by atoms with Crippen molar-refractivity contribution in [2.45, 2.75) is 23.5 Å². The van der Waals surface area contributed by atoms with Gasteiger partial charge in [0, 0.05) is 20.8 Å². The van der Waals surface area contributed by atoms with E-state index in [0.717, 1.165) is 12.5 Å². The molecule has 22 heavy (non-hydrogen) atoms. The fraction of sp³-hybridized carbons (Fsp3) is 0.571. The highest BCUT2D eigenvalue weighted by molar-refractivity contribution is 7.89. The lowest BCUT2D eigenvalue weighted by molar-refractivity contribution is 0.111. The van der Waals surface area contributed by atoms with Crippen LogP contribution in [0.3, 0.4) is 0 Å². The van der Waals surface area contributed by atoms with Gasteiger partial charge in [0.15, 0.2) is 0 Å². The molecule has 0 unspecified atom stereocenters. The largest absolute Gasteiger partial charge is 0.383 e. The lowest BCUT2D eigenvalue weighted by atomic mass is 10.2. The fourth-order valence-electron chi connectivity index (χ4n) is 2.70. The van der Waals surface area contributed by atoms with Gasteiger partial charge in [0.2, 0.25) is 10.0 Å². The summed E-state index contributed by atoms with van der Waals surface area (Å²) in [5, 5.41) is 0. The minimum Gasteiger partial charge on any atom is -0.383 e. The number of hydrogen-bond acceptors (Lipinski definition) is 5. The Kier molecular flexibility index (Phi) is 5.38. The Bertz CT molecular complexity index is 623. The van der Waals surface area contributed by atoms with E-state index in [4.69, 9.17) is 9.47 Å². The maximum absolute atomic E-state index is 14.4. The first-order valence-electron chi connectivity index (χ1n) is 6.94. The highest BCUT2D eigenvalue weighted by Gasteiger charge is 2.33. The molecule has 0 aliphatic carbocycles. The van der Waals surface area contributed by atoms with Gasteiger partial charge in [-0.25, -0.2) is 17.5 Å². The van der Waals surface area contributed by atoms with E-state index in [-0.39, 0.29) is 17.0 Å². The average molecular weight is 332 g/mol. The van der Waals surface area contributed by atoms with Gasteiger partial charge in [0.1, 0.15) is 5.82 Å². The minimum atomic E-state index is -3.66. The molecular formula is C14H21FN2O4S. The van der Waals surface area contributed by atoms with Gasteiger partial charge in [-0.3, -0.25) is 0 Å². The van der Waals surface area contributed by atoms with Crippen LogP contribution >= 0.6 is 0 Å². The normalized spacial score (nSPS) is 22.3. The highest BCUT2D eigenvalue weighted by atomic mass is 32.2. The first kappa shape index (κ1) is 17.1. The quantitative estimate of drug-likeness (QED) is 0.841. The van der Waals surface area contributed by atoms with Gasteiger partial charge in [0.05, 0.1) is 29.3 Å².